The van der Waals surface area contributed by atoms with Crippen LogP contribution in [-0.2, 0) is 41.6 Å². The number of phenolic OH excluding ortho intramolecular Hbond substituents is 1. The Hall–Kier alpha value is -5.67. The Morgan fingerprint density at radius 2 is 1.21 bits per heavy atom. The second-order valence-corrected chi connectivity index (χ2v) is 10.8. The summed E-state index contributed by atoms with van der Waals surface area (Å²) in [5.74, 6) is -5.05. The topological polar surface area (TPSA) is 281 Å². The number of carboxylic acid groups (broad SMARTS) is 1. The van der Waals surface area contributed by atoms with Crippen LogP contribution < -0.4 is 38.5 Å². The lowest BCUT2D eigenvalue weighted by atomic mass is 10.0. The van der Waals surface area contributed by atoms with Gasteiger partial charge in [0.2, 0.25) is 29.5 Å². The SMILES string of the molecule is CC(=O)N[C@@H](Cc1ccc(O)cc1)C(=O)N[C@@H](Cc1ccccc1)C(=O)N[C@@H](CCCN=C(N)N)C(=O)N[C@@H](CCC(=O)O)C(N)=O. The molecule has 2 aromatic rings. The molecule has 0 fully saturated rings. The molecule has 0 saturated heterocycles. The molecule has 0 heterocycles. The number of nitrogens with zero attached hydrogens (tertiary/aromatic N) is 1. The number of hydrogen-bond donors (Lipinski definition) is 9. The molecule has 0 radical (unpaired) electrons. The molecular weight excluding hydrogens is 612 g/mol. The number of aromatic hydroxyl groups is 1. The molecule has 2 rings (SSSR count). The fourth-order valence-electron chi connectivity index (χ4n) is 4.52. The van der Waals surface area contributed by atoms with Crippen molar-refractivity contribution in [1.29, 1.82) is 0 Å². The summed E-state index contributed by atoms with van der Waals surface area (Å²) < 4.78 is 0. The monoisotopic (exact) mass is 654 g/mol. The fraction of sp³-hybridized carbons (Fsp3) is 0.387. The minimum atomic E-state index is -1.33. The first-order valence-corrected chi connectivity index (χ1v) is 14.8. The van der Waals surface area contributed by atoms with Crippen molar-refractivity contribution in [2.24, 2.45) is 22.2 Å². The van der Waals surface area contributed by atoms with E-state index in [9.17, 15) is 33.9 Å². The number of aliphatic carboxylic acids is 1. The van der Waals surface area contributed by atoms with Crippen LogP contribution in [0.15, 0.2) is 59.6 Å². The van der Waals surface area contributed by atoms with Crippen LogP contribution in [0, 0.1) is 0 Å². The molecule has 0 unspecified atom stereocenters. The third kappa shape index (κ3) is 14.3. The Balaban J connectivity index is 2.34. The van der Waals surface area contributed by atoms with E-state index in [-0.39, 0.29) is 50.4 Å². The van der Waals surface area contributed by atoms with Gasteiger partial charge in [-0.25, -0.2) is 0 Å². The number of rotatable bonds is 19. The summed E-state index contributed by atoms with van der Waals surface area (Å²) >= 11 is 0. The molecule has 0 aliphatic carbocycles. The molecule has 0 bridgehead atoms. The van der Waals surface area contributed by atoms with Crippen LogP contribution in [0.4, 0.5) is 0 Å². The van der Waals surface area contributed by atoms with Gasteiger partial charge in [0.05, 0.1) is 0 Å². The van der Waals surface area contributed by atoms with Gasteiger partial charge in [-0.15, -0.1) is 0 Å². The number of carbonyl (C=O) groups is 6. The van der Waals surface area contributed by atoms with Gasteiger partial charge in [0, 0.05) is 32.7 Å². The van der Waals surface area contributed by atoms with Crippen molar-refractivity contribution >= 4 is 41.5 Å². The largest absolute Gasteiger partial charge is 0.508 e. The van der Waals surface area contributed by atoms with Crippen molar-refractivity contribution in [3.05, 3.63) is 65.7 Å². The first-order valence-electron chi connectivity index (χ1n) is 14.8. The highest BCUT2D eigenvalue weighted by Gasteiger charge is 2.31. The summed E-state index contributed by atoms with van der Waals surface area (Å²) in [6, 6.07) is 9.91. The van der Waals surface area contributed by atoms with E-state index in [0.717, 1.165) is 0 Å². The number of amides is 5. The molecule has 254 valence electrons. The summed E-state index contributed by atoms with van der Waals surface area (Å²) in [4.78, 5) is 79.4. The lowest BCUT2D eigenvalue weighted by Gasteiger charge is -2.26. The van der Waals surface area contributed by atoms with E-state index in [4.69, 9.17) is 22.3 Å². The maximum atomic E-state index is 13.8. The van der Waals surface area contributed by atoms with Crippen molar-refractivity contribution in [2.45, 2.75) is 69.6 Å². The summed E-state index contributed by atoms with van der Waals surface area (Å²) in [5.41, 5.74) is 17.4. The standard InChI is InChI=1S/C31H42N8O8/c1-18(40)36-24(17-20-9-11-21(41)12-10-20)29(46)39-25(16-19-6-3-2-4-7-19)30(47)38-23(8-5-15-35-31(33)34)28(45)37-22(27(32)44)13-14-26(42)43/h2-4,6-7,9-12,22-25,41H,5,8,13-17H2,1H3,(H2,32,44)(H,36,40)(H,37,45)(H,38,47)(H,39,46)(H,42,43)(H4,33,34,35)/t22-,23-,24-,25-/m0/s1. The molecule has 0 saturated carbocycles. The van der Waals surface area contributed by atoms with Gasteiger partial charge in [0.25, 0.3) is 0 Å². The lowest BCUT2D eigenvalue weighted by Crippen LogP contribution is -2.58. The van der Waals surface area contributed by atoms with Crippen LogP contribution in [0.25, 0.3) is 0 Å². The summed E-state index contributed by atoms with van der Waals surface area (Å²) in [6.07, 6.45) is -0.440. The lowest BCUT2D eigenvalue weighted by molar-refractivity contribution is -0.138. The van der Waals surface area contributed by atoms with Crippen molar-refractivity contribution in [1.82, 2.24) is 21.3 Å². The summed E-state index contributed by atoms with van der Waals surface area (Å²) in [6.45, 7) is 1.35. The van der Waals surface area contributed by atoms with Gasteiger partial charge in [-0.2, -0.15) is 0 Å². The Bertz CT molecular complexity index is 1410. The molecule has 47 heavy (non-hydrogen) atoms. The zero-order chi connectivity index (χ0) is 34.9. The zero-order valence-corrected chi connectivity index (χ0v) is 26.0. The number of nitrogens with one attached hydrogen (secondary N) is 4. The van der Waals surface area contributed by atoms with Crippen LogP contribution >= 0.6 is 0 Å². The summed E-state index contributed by atoms with van der Waals surface area (Å²) in [5, 5.41) is 28.9. The van der Waals surface area contributed by atoms with Crippen LogP contribution in [-0.4, -0.2) is 82.4 Å². The maximum Gasteiger partial charge on any atom is 0.303 e. The highest BCUT2D eigenvalue weighted by molar-refractivity contribution is 5.95. The first kappa shape index (κ1) is 37.5. The molecule has 16 heteroatoms. The third-order valence-corrected chi connectivity index (χ3v) is 6.87. The highest BCUT2D eigenvalue weighted by atomic mass is 16.4. The van der Waals surface area contributed by atoms with Gasteiger partial charge in [0.1, 0.15) is 29.9 Å². The van der Waals surface area contributed by atoms with Crippen LogP contribution in [0.2, 0.25) is 0 Å². The Morgan fingerprint density at radius 1 is 0.702 bits per heavy atom. The molecular formula is C31H42N8O8. The van der Waals surface area contributed by atoms with E-state index < -0.39 is 66.1 Å². The molecule has 4 atom stereocenters. The minimum Gasteiger partial charge on any atom is -0.508 e. The Morgan fingerprint density at radius 3 is 1.74 bits per heavy atom. The van der Waals surface area contributed by atoms with Crippen molar-refractivity contribution in [2.75, 3.05) is 6.54 Å². The highest BCUT2D eigenvalue weighted by Crippen LogP contribution is 2.13. The van der Waals surface area contributed by atoms with Crippen LogP contribution in [0.3, 0.4) is 0 Å². The number of carbonyl (C=O) groups excluding carboxylic acids is 5. The van der Waals surface area contributed by atoms with Crippen LogP contribution in [0.1, 0.15) is 43.7 Å². The van der Waals surface area contributed by atoms with E-state index in [2.05, 4.69) is 26.3 Å². The predicted molar refractivity (Wildman–Crippen MR) is 171 cm³/mol. The van der Waals surface area contributed by atoms with Gasteiger partial charge >= 0.3 is 5.97 Å². The maximum absolute atomic E-state index is 13.8. The Labute approximate surface area is 271 Å². The predicted octanol–water partition coefficient (Wildman–Crippen LogP) is -1.46. The quantitative estimate of drug-likeness (QED) is 0.0482. The molecule has 16 nitrogen and oxygen atoms in total. The average molecular weight is 655 g/mol. The molecule has 2 aromatic carbocycles. The number of aliphatic imine (C=N–C) groups is 1. The molecule has 0 aliphatic heterocycles. The van der Waals surface area contributed by atoms with E-state index in [1.54, 1.807) is 42.5 Å². The number of primary amides is 1. The summed E-state index contributed by atoms with van der Waals surface area (Å²) in [7, 11) is 0. The number of phenols is 1. The number of nitrogens with two attached hydrogens (primary N) is 3. The average Bonchev–Trinajstić information content (AvgIpc) is 3.00. The fourth-order valence-corrected chi connectivity index (χ4v) is 4.52. The second-order valence-electron chi connectivity index (χ2n) is 10.8. The van der Waals surface area contributed by atoms with Gasteiger partial charge in [-0.05, 0) is 42.5 Å². The number of guanidine groups is 1. The Kier molecular flexibility index (Phi) is 15.2. The zero-order valence-electron chi connectivity index (χ0n) is 26.0. The van der Waals surface area contributed by atoms with E-state index >= 15 is 0 Å². The minimum absolute atomic E-state index is 0.000138. The molecule has 0 spiro atoms. The second kappa shape index (κ2) is 19.0. The number of hydrogen-bond acceptors (Lipinski definition) is 8. The van der Waals surface area contributed by atoms with E-state index in [0.29, 0.717) is 11.1 Å². The van der Waals surface area contributed by atoms with Crippen molar-refractivity contribution in [3.63, 3.8) is 0 Å². The normalized spacial score (nSPS) is 13.1. The number of carboxylic acids is 1. The molecule has 5 amide bonds. The molecule has 12 N–H and O–H groups in total. The molecule has 0 aliphatic rings. The van der Waals surface area contributed by atoms with Gasteiger partial charge in [-0.3, -0.25) is 33.8 Å². The van der Waals surface area contributed by atoms with Gasteiger partial charge in [0.15, 0.2) is 5.96 Å². The first-order chi connectivity index (χ1) is 22.2. The van der Waals surface area contributed by atoms with Crippen molar-refractivity contribution < 1.29 is 39.0 Å². The third-order valence-electron chi connectivity index (χ3n) is 6.87. The van der Waals surface area contributed by atoms with E-state index in [1.165, 1.54) is 19.1 Å². The number of benzene rings is 2. The van der Waals surface area contributed by atoms with E-state index in [1.807, 2.05) is 0 Å². The van der Waals surface area contributed by atoms with Crippen LogP contribution in [0.5, 0.6) is 5.75 Å². The smallest absolute Gasteiger partial charge is 0.303 e. The molecule has 0 aromatic heterocycles. The van der Waals surface area contributed by atoms with Crippen molar-refractivity contribution in [3.8, 4) is 5.75 Å². The van der Waals surface area contributed by atoms with Gasteiger partial charge in [-0.1, -0.05) is 42.5 Å². The van der Waals surface area contributed by atoms with Gasteiger partial charge < -0.3 is 48.7 Å².